The van der Waals surface area contributed by atoms with Crippen LogP contribution in [0.25, 0.3) is 27.8 Å². The lowest BCUT2D eigenvalue weighted by Gasteiger charge is -2.35. The molecule has 0 amide bonds. The van der Waals surface area contributed by atoms with E-state index in [0.29, 0.717) is 6.04 Å². The quantitative estimate of drug-likeness (QED) is 0.326. The van der Waals surface area contributed by atoms with Crippen molar-refractivity contribution >= 4 is 28.5 Å². The predicted molar refractivity (Wildman–Crippen MR) is 134 cm³/mol. The van der Waals surface area contributed by atoms with E-state index in [1.807, 2.05) is 13.0 Å². The third-order valence-corrected chi connectivity index (χ3v) is 7.12. The molecule has 0 atom stereocenters. The van der Waals surface area contributed by atoms with Gasteiger partial charge in [-0.3, -0.25) is 0 Å². The number of anilines is 1. The molecule has 0 N–H and O–H groups in total. The van der Waals surface area contributed by atoms with Crippen molar-refractivity contribution in [1.82, 2.24) is 14.5 Å². The Morgan fingerprint density at radius 1 is 1.03 bits per heavy atom. The zero-order chi connectivity index (χ0) is 22.1. The van der Waals surface area contributed by atoms with Crippen LogP contribution in [0.15, 0.2) is 61.1 Å². The number of benzene rings is 2. The number of rotatable bonds is 5. The average molecular weight is 445 g/mol. The fraction of sp³-hybridized carbons (Fsp3) is 0.333. The second-order valence-corrected chi connectivity index (χ2v) is 9.09. The van der Waals surface area contributed by atoms with Crippen molar-refractivity contribution in [2.45, 2.75) is 52.0 Å². The molecular weight excluding hydrogens is 416 g/mol. The zero-order valence-electron chi connectivity index (χ0n) is 18.8. The van der Waals surface area contributed by atoms with Crippen LogP contribution in [0, 0.1) is 6.92 Å². The van der Waals surface area contributed by atoms with Gasteiger partial charge in [-0.15, -0.1) is 0 Å². The smallest absolute Gasteiger partial charge is 0.150 e. The van der Waals surface area contributed by atoms with E-state index in [0.717, 1.165) is 45.2 Å². The number of hydrogen-bond acceptors (Lipinski definition) is 3. The van der Waals surface area contributed by atoms with Gasteiger partial charge in [0.05, 0.1) is 5.39 Å². The highest BCUT2D eigenvalue weighted by Gasteiger charge is 2.26. The van der Waals surface area contributed by atoms with Crippen LogP contribution in [0.1, 0.15) is 44.6 Å². The van der Waals surface area contributed by atoms with Gasteiger partial charge in [0.2, 0.25) is 0 Å². The molecule has 5 rings (SSSR count). The SMILES string of the molecule is CCN(c1ncnc2c1c(-c1ccccc1)cn2-c1ccc(C)c(Cl)c1)C1CCCCC1. The molecule has 0 radical (unpaired) electrons. The fourth-order valence-electron chi connectivity index (χ4n) is 5.00. The van der Waals surface area contributed by atoms with Crippen molar-refractivity contribution in [3.05, 3.63) is 71.6 Å². The molecule has 1 fully saturated rings. The lowest BCUT2D eigenvalue weighted by Crippen LogP contribution is -2.37. The number of fused-ring (bicyclic) bond motifs is 1. The maximum absolute atomic E-state index is 6.49. The van der Waals surface area contributed by atoms with Crippen LogP contribution in [0.4, 0.5) is 5.82 Å². The maximum atomic E-state index is 6.49. The van der Waals surface area contributed by atoms with Crippen molar-refractivity contribution in [2.75, 3.05) is 11.4 Å². The molecule has 0 spiro atoms. The van der Waals surface area contributed by atoms with Crippen molar-refractivity contribution in [3.8, 4) is 16.8 Å². The van der Waals surface area contributed by atoms with Crippen molar-refractivity contribution < 1.29 is 0 Å². The van der Waals surface area contributed by atoms with Crippen LogP contribution < -0.4 is 4.90 Å². The molecule has 2 heterocycles. The highest BCUT2D eigenvalue weighted by atomic mass is 35.5. The molecule has 1 aliphatic carbocycles. The summed E-state index contributed by atoms with van der Waals surface area (Å²) in [7, 11) is 0. The molecule has 1 saturated carbocycles. The summed E-state index contributed by atoms with van der Waals surface area (Å²) in [5, 5.41) is 1.88. The van der Waals surface area contributed by atoms with Gasteiger partial charge in [-0.25, -0.2) is 9.97 Å². The van der Waals surface area contributed by atoms with Crippen LogP contribution in [0.2, 0.25) is 5.02 Å². The normalized spacial score (nSPS) is 14.7. The van der Waals surface area contributed by atoms with Crippen LogP contribution in [0.5, 0.6) is 0 Å². The monoisotopic (exact) mass is 444 g/mol. The lowest BCUT2D eigenvalue weighted by atomic mass is 9.94. The number of aryl methyl sites for hydroxylation is 1. The largest absolute Gasteiger partial charge is 0.353 e. The Labute approximate surface area is 194 Å². The molecule has 4 aromatic rings. The highest BCUT2D eigenvalue weighted by Crippen LogP contribution is 2.39. The predicted octanol–water partition coefficient (Wildman–Crippen LogP) is 7.21. The molecule has 2 aromatic carbocycles. The first-order chi connectivity index (χ1) is 15.7. The molecule has 0 aliphatic heterocycles. The van der Waals surface area contributed by atoms with Gasteiger partial charge in [0.1, 0.15) is 12.1 Å². The number of hydrogen-bond donors (Lipinski definition) is 0. The summed E-state index contributed by atoms with van der Waals surface area (Å²) in [6.45, 7) is 5.20. The Hall–Kier alpha value is -2.85. The number of aromatic nitrogens is 3. The summed E-state index contributed by atoms with van der Waals surface area (Å²) in [5.74, 6) is 1.04. The minimum absolute atomic E-state index is 0.535. The number of nitrogens with zero attached hydrogens (tertiary/aromatic N) is 4. The van der Waals surface area contributed by atoms with E-state index in [2.05, 4.69) is 65.1 Å². The Morgan fingerprint density at radius 2 is 1.81 bits per heavy atom. The molecule has 0 bridgehead atoms. The van der Waals surface area contributed by atoms with Gasteiger partial charge in [0.25, 0.3) is 0 Å². The van der Waals surface area contributed by atoms with E-state index in [1.54, 1.807) is 6.33 Å². The molecule has 2 aromatic heterocycles. The second-order valence-electron chi connectivity index (χ2n) is 8.69. The lowest BCUT2D eigenvalue weighted by molar-refractivity contribution is 0.417. The second kappa shape index (κ2) is 8.95. The Balaban J connectivity index is 1.75. The van der Waals surface area contributed by atoms with Gasteiger partial charge in [0.15, 0.2) is 5.65 Å². The molecule has 1 aliphatic rings. The summed E-state index contributed by atoms with van der Waals surface area (Å²) in [6.07, 6.45) is 10.3. The summed E-state index contributed by atoms with van der Waals surface area (Å²) < 4.78 is 2.16. The van der Waals surface area contributed by atoms with Crippen LogP contribution >= 0.6 is 11.6 Å². The third kappa shape index (κ3) is 3.77. The van der Waals surface area contributed by atoms with Gasteiger partial charge in [0, 0.05) is 35.1 Å². The van der Waals surface area contributed by atoms with Gasteiger partial charge in [-0.2, -0.15) is 0 Å². The van der Waals surface area contributed by atoms with Crippen molar-refractivity contribution in [3.63, 3.8) is 0 Å². The highest BCUT2D eigenvalue weighted by molar-refractivity contribution is 6.31. The summed E-state index contributed by atoms with van der Waals surface area (Å²) in [4.78, 5) is 12.1. The summed E-state index contributed by atoms with van der Waals surface area (Å²) >= 11 is 6.49. The molecule has 164 valence electrons. The standard InChI is InChI=1S/C27H29ClN4/c1-3-31(21-12-8-5-9-13-21)26-25-23(20-10-6-4-7-11-20)17-32(27(25)30-18-29-26)22-15-14-19(2)24(28)16-22/h4,6-7,10-11,14-18,21H,3,5,8-9,12-13H2,1-2H3. The van der Waals surface area contributed by atoms with E-state index in [4.69, 9.17) is 21.6 Å². The van der Waals surface area contributed by atoms with Gasteiger partial charge in [-0.1, -0.05) is 67.3 Å². The molecule has 0 unspecified atom stereocenters. The summed E-state index contributed by atoms with van der Waals surface area (Å²) in [6, 6.07) is 17.3. The van der Waals surface area contributed by atoms with E-state index in [9.17, 15) is 0 Å². The maximum Gasteiger partial charge on any atom is 0.150 e. The molecule has 5 heteroatoms. The topological polar surface area (TPSA) is 34.0 Å². The first-order valence-electron chi connectivity index (χ1n) is 11.6. The Kier molecular flexibility index (Phi) is 5.88. The van der Waals surface area contributed by atoms with Gasteiger partial charge >= 0.3 is 0 Å². The van der Waals surface area contributed by atoms with E-state index in [1.165, 1.54) is 37.7 Å². The van der Waals surface area contributed by atoms with Gasteiger partial charge in [-0.05, 0) is 49.9 Å². The molecule has 32 heavy (non-hydrogen) atoms. The first-order valence-corrected chi connectivity index (χ1v) is 12.0. The molecule has 0 saturated heterocycles. The van der Waals surface area contributed by atoms with E-state index in [-0.39, 0.29) is 0 Å². The first kappa shape index (κ1) is 21.0. The molecular formula is C27H29ClN4. The van der Waals surface area contributed by atoms with Crippen molar-refractivity contribution in [1.29, 1.82) is 0 Å². The van der Waals surface area contributed by atoms with Crippen LogP contribution in [0.3, 0.4) is 0 Å². The number of halogens is 1. The van der Waals surface area contributed by atoms with Crippen molar-refractivity contribution in [2.24, 2.45) is 0 Å². The summed E-state index contributed by atoms with van der Waals surface area (Å²) in [5.41, 5.74) is 5.33. The van der Waals surface area contributed by atoms with Gasteiger partial charge < -0.3 is 9.47 Å². The Morgan fingerprint density at radius 3 is 2.53 bits per heavy atom. The van der Waals surface area contributed by atoms with Crippen LogP contribution in [-0.2, 0) is 0 Å². The van der Waals surface area contributed by atoms with E-state index < -0.39 is 0 Å². The van der Waals surface area contributed by atoms with Crippen LogP contribution in [-0.4, -0.2) is 27.1 Å². The van der Waals surface area contributed by atoms with E-state index >= 15 is 0 Å². The third-order valence-electron chi connectivity index (χ3n) is 6.71. The zero-order valence-corrected chi connectivity index (χ0v) is 19.5. The fourth-order valence-corrected chi connectivity index (χ4v) is 5.18. The minimum Gasteiger partial charge on any atom is -0.353 e. The minimum atomic E-state index is 0.535. The Bertz CT molecular complexity index is 1230. The average Bonchev–Trinajstić information content (AvgIpc) is 3.23. The molecule has 4 nitrogen and oxygen atoms in total.